The fraction of sp³-hybridized carbons (Fsp3) is 0.462. The van der Waals surface area contributed by atoms with Gasteiger partial charge < -0.3 is 19.3 Å². The predicted molar refractivity (Wildman–Crippen MR) is 65.8 cm³/mol. The van der Waals surface area contributed by atoms with E-state index in [0.29, 0.717) is 18.1 Å². The molecule has 0 aliphatic heterocycles. The molecule has 0 radical (unpaired) electrons. The fourth-order valence-corrected chi connectivity index (χ4v) is 1.40. The van der Waals surface area contributed by atoms with Crippen molar-refractivity contribution < 1.29 is 24.1 Å². The Morgan fingerprint density at radius 3 is 2.67 bits per heavy atom. The first kappa shape index (κ1) is 14.3. The molecular formula is C13H18O5. The molecule has 0 spiro atoms. The van der Waals surface area contributed by atoms with Gasteiger partial charge >= 0.3 is 5.97 Å². The molecule has 0 aromatic heterocycles. The lowest BCUT2D eigenvalue weighted by Gasteiger charge is -2.12. The minimum Gasteiger partial charge on any atom is -0.493 e. The molecule has 1 aromatic rings. The second kappa shape index (κ2) is 6.86. The van der Waals surface area contributed by atoms with Crippen LogP contribution in [0.3, 0.4) is 0 Å². The summed E-state index contributed by atoms with van der Waals surface area (Å²) in [5.74, 6) is 0.479. The molecule has 0 aliphatic carbocycles. The highest BCUT2D eigenvalue weighted by molar-refractivity contribution is 5.71. The number of aliphatic hydroxyl groups excluding tert-OH is 1. The maximum atomic E-state index is 11.2. The number of methoxy groups -OCH3 is 1. The Kier molecular flexibility index (Phi) is 5.45. The van der Waals surface area contributed by atoms with Crippen molar-refractivity contribution in [2.45, 2.75) is 20.0 Å². The molecular weight excluding hydrogens is 236 g/mol. The Hall–Kier alpha value is -1.75. The summed E-state index contributed by atoms with van der Waals surface area (Å²) in [4.78, 5) is 11.2. The number of carbonyl (C=O) groups is 1. The van der Waals surface area contributed by atoms with Gasteiger partial charge in [-0.15, -0.1) is 0 Å². The molecule has 0 heterocycles. The van der Waals surface area contributed by atoms with Crippen molar-refractivity contribution in [2.75, 3.05) is 20.3 Å². The normalized spacial score (nSPS) is 11.8. The molecule has 0 saturated heterocycles. The zero-order chi connectivity index (χ0) is 13.5. The SMILES string of the molecule is CCOC(=O)COc1ccc([C@@H](C)O)cc1OC. The minimum absolute atomic E-state index is 0.168. The second-order valence-corrected chi connectivity index (χ2v) is 3.68. The van der Waals surface area contributed by atoms with Gasteiger partial charge in [0.25, 0.3) is 0 Å². The highest BCUT2D eigenvalue weighted by Crippen LogP contribution is 2.30. The van der Waals surface area contributed by atoms with E-state index in [0.717, 1.165) is 5.56 Å². The lowest BCUT2D eigenvalue weighted by atomic mass is 10.1. The summed E-state index contributed by atoms with van der Waals surface area (Å²) in [7, 11) is 1.50. The van der Waals surface area contributed by atoms with Gasteiger partial charge in [0.1, 0.15) is 0 Å². The van der Waals surface area contributed by atoms with Crippen LogP contribution in [0.5, 0.6) is 11.5 Å². The van der Waals surface area contributed by atoms with Crippen molar-refractivity contribution in [1.29, 1.82) is 0 Å². The van der Waals surface area contributed by atoms with Gasteiger partial charge in [0.15, 0.2) is 18.1 Å². The van der Waals surface area contributed by atoms with Crippen LogP contribution in [0.15, 0.2) is 18.2 Å². The lowest BCUT2D eigenvalue weighted by Crippen LogP contribution is -2.15. The van der Waals surface area contributed by atoms with Crippen LogP contribution in [0, 0.1) is 0 Å². The zero-order valence-electron chi connectivity index (χ0n) is 10.8. The minimum atomic E-state index is -0.585. The van der Waals surface area contributed by atoms with Crippen LogP contribution in [0.2, 0.25) is 0 Å². The van der Waals surface area contributed by atoms with E-state index >= 15 is 0 Å². The number of ether oxygens (including phenoxy) is 3. The zero-order valence-corrected chi connectivity index (χ0v) is 10.8. The van der Waals surface area contributed by atoms with E-state index in [4.69, 9.17) is 14.2 Å². The monoisotopic (exact) mass is 254 g/mol. The number of hydrogen-bond donors (Lipinski definition) is 1. The van der Waals surface area contributed by atoms with Crippen molar-refractivity contribution in [3.8, 4) is 11.5 Å². The summed E-state index contributed by atoms with van der Waals surface area (Å²) in [5.41, 5.74) is 0.718. The number of aliphatic hydroxyl groups is 1. The Morgan fingerprint density at radius 2 is 2.11 bits per heavy atom. The Labute approximate surface area is 106 Å². The van der Waals surface area contributed by atoms with E-state index in [1.807, 2.05) is 0 Å². The molecule has 1 aromatic carbocycles. The number of esters is 1. The largest absolute Gasteiger partial charge is 0.493 e. The third-order valence-corrected chi connectivity index (χ3v) is 2.32. The first-order valence-corrected chi connectivity index (χ1v) is 5.73. The van der Waals surface area contributed by atoms with Gasteiger partial charge in [-0.2, -0.15) is 0 Å². The van der Waals surface area contributed by atoms with Crippen LogP contribution in [-0.4, -0.2) is 31.4 Å². The van der Waals surface area contributed by atoms with Gasteiger partial charge in [0.05, 0.1) is 19.8 Å². The molecule has 0 fully saturated rings. The van der Waals surface area contributed by atoms with Crippen LogP contribution < -0.4 is 9.47 Å². The van der Waals surface area contributed by atoms with Crippen LogP contribution in [0.4, 0.5) is 0 Å². The van der Waals surface area contributed by atoms with E-state index in [2.05, 4.69) is 0 Å². The lowest BCUT2D eigenvalue weighted by molar-refractivity contribution is -0.145. The molecule has 0 bridgehead atoms. The smallest absolute Gasteiger partial charge is 0.344 e. The predicted octanol–water partition coefficient (Wildman–Crippen LogP) is 1.69. The molecule has 100 valence electrons. The maximum absolute atomic E-state index is 11.2. The number of rotatable bonds is 6. The van der Waals surface area contributed by atoms with E-state index < -0.39 is 12.1 Å². The molecule has 1 rings (SSSR count). The Morgan fingerprint density at radius 1 is 1.39 bits per heavy atom. The van der Waals surface area contributed by atoms with E-state index in [1.54, 1.807) is 32.0 Å². The molecule has 0 saturated carbocycles. The summed E-state index contributed by atoms with van der Waals surface area (Å²) < 4.78 is 15.2. The third-order valence-electron chi connectivity index (χ3n) is 2.32. The van der Waals surface area contributed by atoms with Crippen molar-refractivity contribution in [3.63, 3.8) is 0 Å². The second-order valence-electron chi connectivity index (χ2n) is 3.68. The van der Waals surface area contributed by atoms with E-state index in [9.17, 15) is 9.90 Å². The molecule has 0 aliphatic rings. The average Bonchev–Trinajstić information content (AvgIpc) is 2.36. The van der Waals surface area contributed by atoms with Gasteiger partial charge in [0, 0.05) is 0 Å². The molecule has 5 nitrogen and oxygen atoms in total. The van der Waals surface area contributed by atoms with Gasteiger partial charge in [-0.05, 0) is 31.5 Å². The highest BCUT2D eigenvalue weighted by Gasteiger charge is 2.10. The molecule has 18 heavy (non-hydrogen) atoms. The van der Waals surface area contributed by atoms with Crippen molar-refractivity contribution in [3.05, 3.63) is 23.8 Å². The summed E-state index contributed by atoms with van der Waals surface area (Å²) in [6.07, 6.45) is -0.585. The molecule has 1 atom stereocenters. The number of hydrogen-bond acceptors (Lipinski definition) is 5. The van der Waals surface area contributed by atoms with Crippen LogP contribution in [-0.2, 0) is 9.53 Å². The van der Waals surface area contributed by atoms with Crippen LogP contribution >= 0.6 is 0 Å². The first-order valence-electron chi connectivity index (χ1n) is 5.73. The summed E-state index contributed by atoms with van der Waals surface area (Å²) >= 11 is 0. The molecule has 0 amide bonds. The Balaban J connectivity index is 2.73. The quantitative estimate of drug-likeness (QED) is 0.782. The maximum Gasteiger partial charge on any atom is 0.344 e. The van der Waals surface area contributed by atoms with E-state index in [1.165, 1.54) is 7.11 Å². The van der Waals surface area contributed by atoms with Crippen LogP contribution in [0.25, 0.3) is 0 Å². The van der Waals surface area contributed by atoms with Gasteiger partial charge in [-0.25, -0.2) is 4.79 Å². The van der Waals surface area contributed by atoms with Gasteiger partial charge in [-0.1, -0.05) is 6.07 Å². The fourth-order valence-electron chi connectivity index (χ4n) is 1.40. The third kappa shape index (κ3) is 3.92. The van der Waals surface area contributed by atoms with Gasteiger partial charge in [-0.3, -0.25) is 0 Å². The summed E-state index contributed by atoms with van der Waals surface area (Å²) in [6.45, 7) is 3.54. The van der Waals surface area contributed by atoms with Crippen LogP contribution in [0.1, 0.15) is 25.5 Å². The highest BCUT2D eigenvalue weighted by atomic mass is 16.6. The van der Waals surface area contributed by atoms with Crippen molar-refractivity contribution in [2.24, 2.45) is 0 Å². The summed E-state index contributed by atoms with van der Waals surface area (Å²) in [6, 6.07) is 5.04. The van der Waals surface area contributed by atoms with Crippen molar-refractivity contribution in [1.82, 2.24) is 0 Å². The molecule has 1 N–H and O–H groups in total. The number of benzene rings is 1. The molecule has 5 heteroatoms. The standard InChI is InChI=1S/C13H18O5/c1-4-17-13(15)8-18-11-6-5-10(9(2)14)7-12(11)16-3/h5-7,9,14H,4,8H2,1-3H3/t9-/m1/s1. The first-order chi connectivity index (χ1) is 8.58. The molecule has 0 unspecified atom stereocenters. The number of carbonyl (C=O) groups excluding carboxylic acids is 1. The van der Waals surface area contributed by atoms with Gasteiger partial charge in [0.2, 0.25) is 0 Å². The van der Waals surface area contributed by atoms with E-state index in [-0.39, 0.29) is 6.61 Å². The average molecular weight is 254 g/mol. The summed E-state index contributed by atoms with van der Waals surface area (Å²) in [5, 5.41) is 9.45. The van der Waals surface area contributed by atoms with Crippen molar-refractivity contribution >= 4 is 5.97 Å². The Bertz CT molecular complexity index is 400. The topological polar surface area (TPSA) is 65.0 Å².